The highest BCUT2D eigenvalue weighted by Crippen LogP contribution is 2.34. The summed E-state index contributed by atoms with van der Waals surface area (Å²) in [6.07, 6.45) is 4.43. The number of hydrogen-bond acceptors (Lipinski definition) is 9. The second-order valence-electron chi connectivity index (χ2n) is 11.8. The smallest absolute Gasteiger partial charge is 0.303 e. The maximum atomic E-state index is 11.7. The molecule has 48 heavy (non-hydrogen) atoms. The Labute approximate surface area is 282 Å². The number of carbonyl (C=O) groups is 2. The minimum Gasteiger partial charge on any atom is -0.462 e. The first-order chi connectivity index (χ1) is 23.4. The van der Waals surface area contributed by atoms with Crippen molar-refractivity contribution in [3.05, 3.63) is 132 Å². The molecule has 3 aromatic rings. The second-order valence-corrected chi connectivity index (χ2v) is 11.8. The Morgan fingerprint density at radius 3 is 1.94 bits per heavy atom. The summed E-state index contributed by atoms with van der Waals surface area (Å²) < 4.78 is 43.5. The average molecular weight is 657 g/mol. The molecule has 2 aliphatic heterocycles. The maximum Gasteiger partial charge on any atom is 0.303 e. The largest absolute Gasteiger partial charge is 0.462 e. The fourth-order valence-corrected chi connectivity index (χ4v) is 5.73. The third-order valence-corrected chi connectivity index (χ3v) is 7.99. The third-order valence-electron chi connectivity index (χ3n) is 7.99. The van der Waals surface area contributed by atoms with Gasteiger partial charge in [0.25, 0.3) is 0 Å². The van der Waals surface area contributed by atoms with E-state index in [0.29, 0.717) is 32.8 Å². The molecule has 0 radical (unpaired) electrons. The zero-order valence-electron chi connectivity index (χ0n) is 27.4. The quantitative estimate of drug-likeness (QED) is 0.146. The van der Waals surface area contributed by atoms with Gasteiger partial charge in [-0.15, -0.1) is 0 Å². The normalized spacial score (nSPS) is 24.4. The van der Waals surface area contributed by atoms with Crippen LogP contribution in [0.5, 0.6) is 0 Å². The van der Waals surface area contributed by atoms with Crippen molar-refractivity contribution in [2.24, 2.45) is 0 Å². The third kappa shape index (κ3) is 11.0. The molecule has 0 spiro atoms. The topological polar surface area (TPSA) is 98.8 Å². The van der Waals surface area contributed by atoms with Crippen molar-refractivity contribution in [3.63, 3.8) is 0 Å². The number of rotatable bonds is 15. The molecular formula is C39H44O9. The predicted molar refractivity (Wildman–Crippen MR) is 179 cm³/mol. The SMILES string of the molecule is CC(=O)OC[C@H](C=C[C@@H]1C=CC[C@@H]2O[C@H](COCc3ccccc3)[C@@H](OCc3ccccc3)[C@H](OCc3ccccc3)[C@H]2O1)OC(C)=O. The minimum atomic E-state index is -0.761. The lowest BCUT2D eigenvalue weighted by Crippen LogP contribution is -2.61. The molecule has 1 fully saturated rings. The summed E-state index contributed by atoms with van der Waals surface area (Å²) in [5, 5.41) is 0. The summed E-state index contributed by atoms with van der Waals surface area (Å²) >= 11 is 0. The summed E-state index contributed by atoms with van der Waals surface area (Å²) in [6.45, 7) is 3.97. The Balaban J connectivity index is 1.39. The van der Waals surface area contributed by atoms with Crippen molar-refractivity contribution >= 4 is 11.9 Å². The molecule has 0 unspecified atom stereocenters. The molecule has 9 nitrogen and oxygen atoms in total. The van der Waals surface area contributed by atoms with Crippen molar-refractivity contribution in [3.8, 4) is 0 Å². The summed E-state index contributed by atoms with van der Waals surface area (Å²) in [4.78, 5) is 23.1. The fourth-order valence-electron chi connectivity index (χ4n) is 5.73. The van der Waals surface area contributed by atoms with E-state index in [9.17, 15) is 9.59 Å². The molecule has 1 saturated heterocycles. The van der Waals surface area contributed by atoms with Crippen molar-refractivity contribution in [1.29, 1.82) is 0 Å². The van der Waals surface area contributed by atoms with E-state index in [2.05, 4.69) is 0 Å². The lowest BCUT2D eigenvalue weighted by Gasteiger charge is -2.46. The second kappa shape index (κ2) is 18.4. The Bertz CT molecular complexity index is 1460. The molecule has 0 saturated carbocycles. The monoisotopic (exact) mass is 656 g/mol. The van der Waals surface area contributed by atoms with Gasteiger partial charge in [-0.1, -0.05) is 109 Å². The van der Waals surface area contributed by atoms with Crippen molar-refractivity contribution in [2.75, 3.05) is 13.2 Å². The summed E-state index contributed by atoms with van der Waals surface area (Å²) in [5.41, 5.74) is 3.12. The van der Waals surface area contributed by atoms with Crippen LogP contribution in [0.25, 0.3) is 0 Å². The van der Waals surface area contributed by atoms with Gasteiger partial charge in [0.2, 0.25) is 0 Å². The van der Waals surface area contributed by atoms with Crippen LogP contribution in [0.3, 0.4) is 0 Å². The molecule has 5 rings (SSSR count). The molecule has 0 amide bonds. The van der Waals surface area contributed by atoms with Gasteiger partial charge in [-0.2, -0.15) is 0 Å². The molecule has 0 aromatic heterocycles. The van der Waals surface area contributed by atoms with Gasteiger partial charge < -0.3 is 33.2 Å². The van der Waals surface area contributed by atoms with Gasteiger partial charge >= 0.3 is 11.9 Å². The van der Waals surface area contributed by atoms with Crippen LogP contribution in [0.1, 0.15) is 37.0 Å². The van der Waals surface area contributed by atoms with E-state index in [-0.39, 0.29) is 12.7 Å². The lowest BCUT2D eigenvalue weighted by molar-refractivity contribution is -0.270. The van der Waals surface area contributed by atoms with Gasteiger partial charge in [-0.05, 0) is 29.2 Å². The van der Waals surface area contributed by atoms with Crippen LogP contribution in [0.4, 0.5) is 0 Å². The van der Waals surface area contributed by atoms with Crippen molar-refractivity contribution < 1.29 is 42.7 Å². The molecule has 254 valence electrons. The first-order valence-corrected chi connectivity index (χ1v) is 16.3. The molecule has 0 bridgehead atoms. The highest BCUT2D eigenvalue weighted by molar-refractivity contribution is 5.67. The average Bonchev–Trinajstić information content (AvgIpc) is 3.30. The molecule has 9 heteroatoms. The van der Waals surface area contributed by atoms with Gasteiger partial charge in [-0.25, -0.2) is 0 Å². The number of hydrogen-bond donors (Lipinski definition) is 0. The molecule has 0 N–H and O–H groups in total. The highest BCUT2D eigenvalue weighted by Gasteiger charge is 2.49. The Kier molecular flexibility index (Phi) is 13.5. The van der Waals surface area contributed by atoms with Crippen LogP contribution in [-0.2, 0) is 62.6 Å². The van der Waals surface area contributed by atoms with E-state index in [0.717, 1.165) is 16.7 Å². The van der Waals surface area contributed by atoms with Crippen LogP contribution in [-0.4, -0.2) is 67.9 Å². The number of fused-ring (bicyclic) bond motifs is 1. The van der Waals surface area contributed by atoms with Gasteiger partial charge in [0, 0.05) is 13.8 Å². The summed E-state index contributed by atoms with van der Waals surface area (Å²) in [7, 11) is 0. The van der Waals surface area contributed by atoms with Crippen molar-refractivity contribution in [1.82, 2.24) is 0 Å². The van der Waals surface area contributed by atoms with E-state index < -0.39 is 48.6 Å². The number of benzene rings is 3. The molecule has 3 aromatic carbocycles. The Morgan fingerprint density at radius 2 is 1.35 bits per heavy atom. The Morgan fingerprint density at radius 1 is 0.771 bits per heavy atom. The highest BCUT2D eigenvalue weighted by atomic mass is 16.6. The van der Waals surface area contributed by atoms with Crippen LogP contribution in [0, 0.1) is 0 Å². The zero-order chi connectivity index (χ0) is 33.6. The lowest BCUT2D eigenvalue weighted by atomic mass is 9.92. The Hall–Kier alpha value is -4.12. The molecule has 2 heterocycles. The van der Waals surface area contributed by atoms with Gasteiger partial charge in [0.1, 0.15) is 31.0 Å². The van der Waals surface area contributed by atoms with Crippen molar-refractivity contribution in [2.45, 2.75) is 82.8 Å². The van der Waals surface area contributed by atoms with E-state index in [1.54, 1.807) is 12.2 Å². The van der Waals surface area contributed by atoms with E-state index in [1.807, 2.05) is 103 Å². The molecule has 0 aliphatic carbocycles. The molecular weight excluding hydrogens is 612 g/mol. The molecule has 7 atom stereocenters. The van der Waals surface area contributed by atoms with Crippen LogP contribution < -0.4 is 0 Å². The van der Waals surface area contributed by atoms with Gasteiger partial charge in [0.05, 0.1) is 38.6 Å². The number of esters is 2. The molecule has 2 aliphatic rings. The summed E-state index contributed by atoms with van der Waals surface area (Å²) in [5.74, 6) is -0.946. The first kappa shape index (κ1) is 35.2. The maximum absolute atomic E-state index is 11.7. The predicted octanol–water partition coefficient (Wildman–Crippen LogP) is 5.91. The fraction of sp³-hybridized carbons (Fsp3) is 0.385. The van der Waals surface area contributed by atoms with Gasteiger partial charge in [-0.3, -0.25) is 9.59 Å². The van der Waals surface area contributed by atoms with Gasteiger partial charge in [0.15, 0.2) is 6.10 Å². The zero-order valence-corrected chi connectivity index (χ0v) is 27.4. The standard InChI is InChI=1S/C39H44O9/c1-28(40)43-26-34(46-29(2)41)22-21-33-19-12-20-35-38(47-33)39(45-25-32-17-10-5-11-18-32)37(44-24-31-15-8-4-9-16-31)36(48-35)27-42-23-30-13-6-3-7-14-30/h3-19,21-22,33-39H,20,23-27H2,1-2H3/t33-,34-,35-,36+,37+,38-,39-/m0/s1. The van der Waals surface area contributed by atoms with E-state index >= 15 is 0 Å². The minimum absolute atomic E-state index is 0.0973. The van der Waals surface area contributed by atoms with E-state index in [1.165, 1.54) is 13.8 Å². The first-order valence-electron chi connectivity index (χ1n) is 16.3. The summed E-state index contributed by atoms with van der Waals surface area (Å²) in [6, 6.07) is 30.0. The number of ether oxygens (including phenoxy) is 7. The van der Waals surface area contributed by atoms with Crippen LogP contribution >= 0.6 is 0 Å². The number of carbonyl (C=O) groups excluding carboxylic acids is 2. The van der Waals surface area contributed by atoms with Crippen LogP contribution in [0.2, 0.25) is 0 Å². The van der Waals surface area contributed by atoms with Crippen LogP contribution in [0.15, 0.2) is 115 Å². The van der Waals surface area contributed by atoms with E-state index in [4.69, 9.17) is 33.2 Å².